The number of benzene rings is 2. The molecule has 0 aromatic heterocycles. The van der Waals surface area contributed by atoms with Crippen molar-refractivity contribution in [3.05, 3.63) is 64.7 Å². The number of carbonyl (C=O) groups is 1. The van der Waals surface area contributed by atoms with E-state index in [1.807, 2.05) is 0 Å². The molecule has 1 aliphatic rings. The third kappa shape index (κ3) is 2.46. The van der Waals surface area contributed by atoms with Gasteiger partial charge in [0.15, 0.2) is 0 Å². The molecule has 0 aliphatic carbocycles. The SMILES string of the molecule is CC[C@]1(c2ccccc2Cl)ON(c2ccccc2C(F)(F)F)C1=O. The van der Waals surface area contributed by atoms with Crippen molar-refractivity contribution in [1.82, 2.24) is 0 Å². The molecule has 1 amide bonds. The lowest BCUT2D eigenvalue weighted by molar-refractivity contribution is -0.192. The van der Waals surface area contributed by atoms with Crippen LogP contribution in [0.5, 0.6) is 0 Å². The molecule has 1 aliphatic heterocycles. The van der Waals surface area contributed by atoms with E-state index in [1.54, 1.807) is 31.2 Å². The van der Waals surface area contributed by atoms with Gasteiger partial charge in [0.1, 0.15) is 0 Å². The fraction of sp³-hybridized carbons (Fsp3) is 0.235. The Morgan fingerprint density at radius 1 is 1.12 bits per heavy atom. The molecule has 7 heteroatoms. The van der Waals surface area contributed by atoms with Gasteiger partial charge >= 0.3 is 6.18 Å². The van der Waals surface area contributed by atoms with Crippen LogP contribution >= 0.6 is 11.6 Å². The van der Waals surface area contributed by atoms with E-state index < -0.39 is 23.2 Å². The summed E-state index contributed by atoms with van der Waals surface area (Å²) in [4.78, 5) is 18.3. The molecule has 0 bridgehead atoms. The Kier molecular flexibility index (Phi) is 4.05. The fourth-order valence-corrected chi connectivity index (χ4v) is 3.06. The molecule has 1 fully saturated rings. The molecule has 0 spiro atoms. The molecule has 3 nitrogen and oxygen atoms in total. The van der Waals surface area contributed by atoms with Gasteiger partial charge in [-0.25, -0.2) is 4.84 Å². The summed E-state index contributed by atoms with van der Waals surface area (Å²) >= 11 is 6.13. The second kappa shape index (κ2) is 5.79. The van der Waals surface area contributed by atoms with Crippen molar-refractivity contribution in [2.75, 3.05) is 5.06 Å². The van der Waals surface area contributed by atoms with Crippen LogP contribution in [0.25, 0.3) is 0 Å². The number of hydrogen-bond donors (Lipinski definition) is 0. The molecule has 0 saturated carbocycles. The molecular formula is C17H13ClF3NO2. The van der Waals surface area contributed by atoms with Gasteiger partial charge in [-0.2, -0.15) is 18.2 Å². The third-order valence-corrected chi connectivity index (χ3v) is 4.34. The molecule has 1 saturated heterocycles. The summed E-state index contributed by atoms with van der Waals surface area (Å²) in [7, 11) is 0. The predicted molar refractivity (Wildman–Crippen MR) is 83.4 cm³/mol. The number of amides is 1. The van der Waals surface area contributed by atoms with Crippen molar-refractivity contribution in [3.63, 3.8) is 0 Å². The lowest BCUT2D eigenvalue weighted by Gasteiger charge is -2.47. The van der Waals surface area contributed by atoms with Gasteiger partial charge in [0, 0.05) is 10.6 Å². The molecule has 3 rings (SSSR count). The largest absolute Gasteiger partial charge is 0.418 e. The molecule has 0 radical (unpaired) electrons. The smallest absolute Gasteiger partial charge is 0.268 e. The number of carbonyl (C=O) groups excluding carboxylic acids is 1. The number of halogens is 4. The molecule has 1 atom stereocenters. The number of rotatable bonds is 3. The number of alkyl halides is 3. The van der Waals surface area contributed by atoms with Crippen LogP contribution in [0.1, 0.15) is 24.5 Å². The molecule has 0 unspecified atom stereocenters. The number of nitrogens with zero attached hydrogens (tertiary/aromatic N) is 1. The first-order valence-electron chi connectivity index (χ1n) is 7.26. The second-order valence-corrected chi connectivity index (χ2v) is 5.77. The van der Waals surface area contributed by atoms with E-state index in [-0.39, 0.29) is 12.1 Å². The van der Waals surface area contributed by atoms with Gasteiger partial charge in [-0.05, 0) is 24.6 Å². The van der Waals surface area contributed by atoms with Gasteiger partial charge in [-0.1, -0.05) is 48.9 Å². The van der Waals surface area contributed by atoms with Crippen LogP contribution in [0.3, 0.4) is 0 Å². The monoisotopic (exact) mass is 355 g/mol. The van der Waals surface area contributed by atoms with Crippen LogP contribution < -0.4 is 5.06 Å². The van der Waals surface area contributed by atoms with E-state index in [2.05, 4.69) is 0 Å². The van der Waals surface area contributed by atoms with Crippen LogP contribution in [0.15, 0.2) is 48.5 Å². The van der Waals surface area contributed by atoms with Crippen molar-refractivity contribution in [2.45, 2.75) is 25.1 Å². The highest BCUT2D eigenvalue weighted by Gasteiger charge is 2.57. The van der Waals surface area contributed by atoms with E-state index in [0.717, 1.165) is 6.07 Å². The number of hydrogen-bond acceptors (Lipinski definition) is 2. The zero-order valence-electron chi connectivity index (χ0n) is 12.6. The number of anilines is 1. The molecule has 2 aromatic rings. The third-order valence-electron chi connectivity index (χ3n) is 4.01. The average Bonchev–Trinajstić information content (AvgIpc) is 2.55. The van der Waals surface area contributed by atoms with Gasteiger partial charge in [-0.3, -0.25) is 4.79 Å². The first-order valence-corrected chi connectivity index (χ1v) is 7.64. The standard InChI is InChI=1S/C17H13ClF3NO2/c1-2-16(11-7-3-5-9-13(11)18)15(23)22(24-16)14-10-6-4-8-12(14)17(19,20)21/h3-10H,2H2,1H3/t16-/m1/s1. The van der Waals surface area contributed by atoms with Gasteiger partial charge in [0.25, 0.3) is 5.91 Å². The van der Waals surface area contributed by atoms with Gasteiger partial charge in [0.2, 0.25) is 5.60 Å². The number of hydroxylamine groups is 1. The van der Waals surface area contributed by atoms with Gasteiger partial charge in [-0.15, -0.1) is 0 Å². The summed E-state index contributed by atoms with van der Waals surface area (Å²) in [5.74, 6) is -0.574. The minimum atomic E-state index is -4.59. The first kappa shape index (κ1) is 16.8. The number of para-hydroxylation sites is 1. The van der Waals surface area contributed by atoms with Gasteiger partial charge in [0.05, 0.1) is 11.3 Å². The quantitative estimate of drug-likeness (QED) is 0.780. The van der Waals surface area contributed by atoms with E-state index >= 15 is 0 Å². The fourth-order valence-electron chi connectivity index (χ4n) is 2.77. The minimum Gasteiger partial charge on any atom is -0.268 e. The van der Waals surface area contributed by atoms with Crippen molar-refractivity contribution >= 4 is 23.2 Å². The van der Waals surface area contributed by atoms with Crippen molar-refractivity contribution < 1.29 is 22.8 Å². The van der Waals surface area contributed by atoms with E-state index in [4.69, 9.17) is 16.4 Å². The Morgan fingerprint density at radius 3 is 2.33 bits per heavy atom. The highest BCUT2D eigenvalue weighted by Crippen LogP contribution is 2.48. The Morgan fingerprint density at radius 2 is 1.75 bits per heavy atom. The Bertz CT molecular complexity index is 793. The predicted octanol–water partition coefficient (Wildman–Crippen LogP) is 4.94. The van der Waals surface area contributed by atoms with Crippen LogP contribution in [0, 0.1) is 0 Å². The minimum absolute atomic E-state index is 0.250. The van der Waals surface area contributed by atoms with E-state index in [1.165, 1.54) is 18.2 Å². The molecule has 126 valence electrons. The Balaban J connectivity index is 2.00. The zero-order chi connectivity index (χ0) is 17.5. The first-order chi connectivity index (χ1) is 11.3. The summed E-state index contributed by atoms with van der Waals surface area (Å²) in [6.45, 7) is 1.72. The second-order valence-electron chi connectivity index (χ2n) is 5.37. The maximum Gasteiger partial charge on any atom is 0.418 e. The van der Waals surface area contributed by atoms with E-state index in [0.29, 0.717) is 15.6 Å². The summed E-state index contributed by atoms with van der Waals surface area (Å²) in [6.07, 6.45) is -4.34. The maximum absolute atomic E-state index is 13.1. The highest BCUT2D eigenvalue weighted by molar-refractivity contribution is 6.32. The van der Waals surface area contributed by atoms with Crippen LogP contribution in [-0.4, -0.2) is 5.91 Å². The van der Waals surface area contributed by atoms with Crippen molar-refractivity contribution in [2.24, 2.45) is 0 Å². The lowest BCUT2D eigenvalue weighted by atomic mass is 9.87. The maximum atomic E-state index is 13.1. The van der Waals surface area contributed by atoms with Crippen LogP contribution in [-0.2, 0) is 21.4 Å². The lowest BCUT2D eigenvalue weighted by Crippen LogP contribution is -2.62. The summed E-state index contributed by atoms with van der Waals surface area (Å²) in [5, 5.41) is 1.02. The van der Waals surface area contributed by atoms with Crippen molar-refractivity contribution in [3.8, 4) is 0 Å². The molecule has 0 N–H and O–H groups in total. The molecule has 2 aromatic carbocycles. The Hall–Kier alpha value is -2.05. The van der Waals surface area contributed by atoms with Crippen LogP contribution in [0.2, 0.25) is 5.02 Å². The molecule has 1 heterocycles. The zero-order valence-corrected chi connectivity index (χ0v) is 13.4. The summed E-state index contributed by atoms with van der Waals surface area (Å²) in [6, 6.07) is 11.4. The highest BCUT2D eigenvalue weighted by atomic mass is 35.5. The average molecular weight is 356 g/mol. The summed E-state index contributed by atoms with van der Waals surface area (Å²) in [5.41, 5.74) is -2.18. The topological polar surface area (TPSA) is 29.5 Å². The molecular weight excluding hydrogens is 343 g/mol. The van der Waals surface area contributed by atoms with Crippen LogP contribution in [0.4, 0.5) is 18.9 Å². The Labute approximate surface area is 141 Å². The van der Waals surface area contributed by atoms with Gasteiger partial charge < -0.3 is 0 Å². The summed E-state index contributed by atoms with van der Waals surface area (Å²) < 4.78 is 39.4. The van der Waals surface area contributed by atoms with Crippen molar-refractivity contribution in [1.29, 1.82) is 0 Å². The van der Waals surface area contributed by atoms with E-state index in [9.17, 15) is 18.0 Å². The molecule has 24 heavy (non-hydrogen) atoms. The normalized spacial score (nSPS) is 20.9.